The molecule has 1 atom stereocenters. The highest BCUT2D eigenvalue weighted by molar-refractivity contribution is 5.92. The van der Waals surface area contributed by atoms with Crippen molar-refractivity contribution in [3.8, 4) is 0 Å². The fraction of sp³-hybridized carbons (Fsp3) is 0.636. The number of carbonyl (C=O) groups is 2. The predicted molar refractivity (Wildman–Crippen MR) is 52.7 cm³/mol. The summed E-state index contributed by atoms with van der Waals surface area (Å²) < 4.78 is 0. The maximum Gasteiger partial charge on any atom is 0.207 e. The Labute approximate surface area is 83.6 Å². The number of Topliss-reactive ketones (excluding diaryl/α,β-unsaturated/α-hetero) is 1. The normalized spacial score (nSPS) is 22.7. The molecule has 2 rings (SSSR count). The van der Waals surface area contributed by atoms with E-state index < -0.39 is 0 Å². The third-order valence-corrected chi connectivity index (χ3v) is 2.95. The summed E-state index contributed by atoms with van der Waals surface area (Å²) in [6, 6.07) is -0.317. The quantitative estimate of drug-likeness (QED) is 0.526. The minimum absolute atomic E-state index is 0.213. The molecule has 0 saturated heterocycles. The van der Waals surface area contributed by atoms with Gasteiger partial charge in [-0.25, -0.2) is 0 Å². The SMILES string of the molecule is O=CN[C@H](C(=O)C1CC1)C1=CCCC1. The van der Waals surface area contributed by atoms with Gasteiger partial charge in [0.15, 0.2) is 5.78 Å². The van der Waals surface area contributed by atoms with E-state index >= 15 is 0 Å². The number of hydrogen-bond acceptors (Lipinski definition) is 2. The van der Waals surface area contributed by atoms with Gasteiger partial charge in [0.1, 0.15) is 6.04 Å². The van der Waals surface area contributed by atoms with Crippen LogP contribution in [-0.2, 0) is 9.59 Å². The average Bonchev–Trinajstić information content (AvgIpc) is 2.91. The summed E-state index contributed by atoms with van der Waals surface area (Å²) in [7, 11) is 0. The zero-order valence-electron chi connectivity index (χ0n) is 8.16. The molecule has 2 aliphatic carbocycles. The molecule has 3 nitrogen and oxygen atoms in total. The van der Waals surface area contributed by atoms with Gasteiger partial charge in [-0.05, 0) is 37.7 Å². The lowest BCUT2D eigenvalue weighted by molar-refractivity contribution is -0.123. The van der Waals surface area contributed by atoms with Crippen LogP contribution in [0.15, 0.2) is 11.6 Å². The first kappa shape index (κ1) is 9.44. The molecule has 0 aromatic heterocycles. The van der Waals surface area contributed by atoms with E-state index in [0.717, 1.165) is 37.7 Å². The lowest BCUT2D eigenvalue weighted by Crippen LogP contribution is -2.38. The number of rotatable bonds is 5. The van der Waals surface area contributed by atoms with E-state index in [1.807, 2.05) is 0 Å². The lowest BCUT2D eigenvalue weighted by Gasteiger charge is -2.15. The summed E-state index contributed by atoms with van der Waals surface area (Å²) in [6.07, 6.45) is 7.87. The highest BCUT2D eigenvalue weighted by Crippen LogP contribution is 2.33. The molecule has 0 spiro atoms. The van der Waals surface area contributed by atoms with E-state index in [1.54, 1.807) is 0 Å². The fourth-order valence-corrected chi connectivity index (χ4v) is 2.00. The van der Waals surface area contributed by atoms with Crippen molar-refractivity contribution in [2.24, 2.45) is 5.92 Å². The van der Waals surface area contributed by atoms with Crippen molar-refractivity contribution in [1.29, 1.82) is 0 Å². The van der Waals surface area contributed by atoms with Gasteiger partial charge in [0.2, 0.25) is 6.41 Å². The number of amides is 1. The van der Waals surface area contributed by atoms with E-state index in [0.29, 0.717) is 6.41 Å². The Morgan fingerprint density at radius 2 is 2.36 bits per heavy atom. The van der Waals surface area contributed by atoms with Gasteiger partial charge in [-0.1, -0.05) is 6.08 Å². The van der Waals surface area contributed by atoms with Crippen molar-refractivity contribution in [2.45, 2.75) is 38.1 Å². The minimum Gasteiger partial charge on any atom is -0.345 e. The zero-order chi connectivity index (χ0) is 9.97. The molecule has 0 aromatic rings. The van der Waals surface area contributed by atoms with Crippen LogP contribution < -0.4 is 5.32 Å². The van der Waals surface area contributed by atoms with Crippen molar-refractivity contribution in [3.05, 3.63) is 11.6 Å². The molecule has 76 valence electrons. The molecule has 1 amide bonds. The largest absolute Gasteiger partial charge is 0.345 e. The van der Waals surface area contributed by atoms with Gasteiger partial charge in [-0.2, -0.15) is 0 Å². The van der Waals surface area contributed by atoms with Crippen LogP contribution in [0, 0.1) is 5.92 Å². The number of hydrogen-bond donors (Lipinski definition) is 1. The van der Waals surface area contributed by atoms with Crippen LogP contribution in [0.3, 0.4) is 0 Å². The Kier molecular flexibility index (Phi) is 2.66. The van der Waals surface area contributed by atoms with Crippen LogP contribution in [0.25, 0.3) is 0 Å². The average molecular weight is 193 g/mol. The van der Waals surface area contributed by atoms with Gasteiger partial charge in [0.05, 0.1) is 0 Å². The third-order valence-electron chi connectivity index (χ3n) is 2.95. The van der Waals surface area contributed by atoms with E-state index in [2.05, 4.69) is 11.4 Å². The van der Waals surface area contributed by atoms with Crippen molar-refractivity contribution in [2.75, 3.05) is 0 Å². The van der Waals surface area contributed by atoms with Gasteiger partial charge in [0.25, 0.3) is 0 Å². The molecule has 1 fully saturated rings. The van der Waals surface area contributed by atoms with Crippen LogP contribution in [0.4, 0.5) is 0 Å². The standard InChI is InChI=1S/C11H15NO2/c13-7-12-10(8-3-1-2-4-8)11(14)9-5-6-9/h3,7,9-10H,1-2,4-6H2,(H,12,13)/t10-/m0/s1. The third kappa shape index (κ3) is 1.86. The zero-order valence-corrected chi connectivity index (χ0v) is 8.16. The topological polar surface area (TPSA) is 46.2 Å². The Balaban J connectivity index is 2.05. The first-order valence-corrected chi connectivity index (χ1v) is 5.25. The first-order chi connectivity index (χ1) is 6.83. The second-order valence-corrected chi connectivity index (χ2v) is 4.07. The van der Waals surface area contributed by atoms with E-state index in [1.165, 1.54) is 0 Å². The van der Waals surface area contributed by atoms with E-state index in [4.69, 9.17) is 0 Å². The molecule has 0 radical (unpaired) electrons. The van der Waals surface area contributed by atoms with Crippen molar-refractivity contribution in [3.63, 3.8) is 0 Å². The Hall–Kier alpha value is -1.12. The number of carbonyl (C=O) groups excluding carboxylic acids is 2. The Morgan fingerprint density at radius 1 is 1.57 bits per heavy atom. The molecule has 2 aliphatic rings. The fourth-order valence-electron chi connectivity index (χ4n) is 2.00. The molecular formula is C11H15NO2. The number of nitrogens with one attached hydrogen (secondary N) is 1. The van der Waals surface area contributed by atoms with Crippen molar-refractivity contribution in [1.82, 2.24) is 5.32 Å². The molecule has 0 aromatic carbocycles. The summed E-state index contributed by atoms with van der Waals surface area (Å²) in [4.78, 5) is 22.2. The highest BCUT2D eigenvalue weighted by Gasteiger charge is 2.36. The maximum atomic E-state index is 11.8. The van der Waals surface area contributed by atoms with Gasteiger partial charge < -0.3 is 5.32 Å². The molecule has 3 heteroatoms. The number of ketones is 1. The van der Waals surface area contributed by atoms with Crippen LogP contribution in [-0.4, -0.2) is 18.2 Å². The summed E-state index contributed by atoms with van der Waals surface area (Å²) in [6.45, 7) is 0. The molecule has 0 aliphatic heterocycles. The molecule has 0 heterocycles. The molecular weight excluding hydrogens is 178 g/mol. The second kappa shape index (κ2) is 3.95. The minimum atomic E-state index is -0.317. The first-order valence-electron chi connectivity index (χ1n) is 5.25. The van der Waals surface area contributed by atoms with Gasteiger partial charge in [-0.3, -0.25) is 9.59 Å². The van der Waals surface area contributed by atoms with Gasteiger partial charge in [0, 0.05) is 5.92 Å². The maximum absolute atomic E-state index is 11.8. The summed E-state index contributed by atoms with van der Waals surface area (Å²) >= 11 is 0. The molecule has 0 unspecified atom stereocenters. The van der Waals surface area contributed by atoms with Crippen molar-refractivity contribution >= 4 is 12.2 Å². The van der Waals surface area contributed by atoms with Crippen LogP contribution in [0.1, 0.15) is 32.1 Å². The Morgan fingerprint density at radius 3 is 2.86 bits per heavy atom. The summed E-state index contributed by atoms with van der Waals surface area (Å²) in [5.41, 5.74) is 1.12. The highest BCUT2D eigenvalue weighted by atomic mass is 16.1. The second-order valence-electron chi connectivity index (χ2n) is 4.07. The molecule has 1 N–H and O–H groups in total. The van der Waals surface area contributed by atoms with Crippen LogP contribution in [0.2, 0.25) is 0 Å². The van der Waals surface area contributed by atoms with Crippen LogP contribution in [0.5, 0.6) is 0 Å². The monoisotopic (exact) mass is 193 g/mol. The summed E-state index contributed by atoms with van der Waals surface area (Å²) in [5, 5.41) is 2.65. The molecule has 1 saturated carbocycles. The summed E-state index contributed by atoms with van der Waals surface area (Å²) in [5.74, 6) is 0.430. The van der Waals surface area contributed by atoms with Crippen molar-refractivity contribution < 1.29 is 9.59 Å². The van der Waals surface area contributed by atoms with Gasteiger partial charge in [-0.15, -0.1) is 0 Å². The predicted octanol–water partition coefficient (Wildman–Crippen LogP) is 1.19. The smallest absolute Gasteiger partial charge is 0.207 e. The van der Waals surface area contributed by atoms with E-state index in [9.17, 15) is 9.59 Å². The van der Waals surface area contributed by atoms with Gasteiger partial charge >= 0.3 is 0 Å². The molecule has 14 heavy (non-hydrogen) atoms. The number of allylic oxidation sites excluding steroid dienone is 1. The lowest BCUT2D eigenvalue weighted by atomic mass is 9.99. The van der Waals surface area contributed by atoms with Crippen LogP contribution >= 0.6 is 0 Å². The Bertz CT molecular complexity index is 279. The molecule has 0 bridgehead atoms. The van der Waals surface area contributed by atoms with E-state index in [-0.39, 0.29) is 17.7 Å².